The molecule has 1 aliphatic carbocycles. The number of para-hydroxylation sites is 1. The molecular weight excluding hydrogens is 422 g/mol. The second kappa shape index (κ2) is 9.81. The maximum atomic E-state index is 13.8. The molecule has 178 valence electrons. The Morgan fingerprint density at radius 1 is 1.09 bits per heavy atom. The zero-order chi connectivity index (χ0) is 24.4. The van der Waals surface area contributed by atoms with Crippen molar-refractivity contribution in [3.63, 3.8) is 0 Å². The van der Waals surface area contributed by atoms with E-state index in [1.807, 2.05) is 45.0 Å². The first-order chi connectivity index (χ1) is 15.6. The first-order valence-corrected chi connectivity index (χ1v) is 11.4. The van der Waals surface area contributed by atoms with Crippen LogP contribution >= 0.6 is 0 Å². The van der Waals surface area contributed by atoms with Crippen LogP contribution < -0.4 is 10.1 Å². The number of nitrogens with one attached hydrogen (secondary N) is 1. The maximum Gasteiger partial charge on any atom is 0.337 e. The number of carbonyl (C=O) groups excluding carboxylic acids is 3. The summed E-state index contributed by atoms with van der Waals surface area (Å²) in [7, 11) is 1.28. The second-order valence-corrected chi connectivity index (χ2v) is 9.19. The summed E-state index contributed by atoms with van der Waals surface area (Å²) in [4.78, 5) is 39.6. The van der Waals surface area contributed by atoms with Gasteiger partial charge >= 0.3 is 11.9 Å². The molecular formula is C26H33NO6. The third kappa shape index (κ3) is 4.82. The fourth-order valence-corrected chi connectivity index (χ4v) is 4.62. The average molecular weight is 456 g/mol. The smallest absolute Gasteiger partial charge is 0.337 e. The predicted octanol–water partition coefficient (Wildman–Crippen LogP) is 4.04. The molecule has 0 amide bonds. The summed E-state index contributed by atoms with van der Waals surface area (Å²) in [6.45, 7) is 11.1. The fraction of sp³-hybridized carbons (Fsp3) is 0.500. The van der Waals surface area contributed by atoms with E-state index >= 15 is 0 Å². The number of rotatable bonds is 6. The normalized spacial score (nSPS) is 22.8. The van der Waals surface area contributed by atoms with Crippen LogP contribution in [0.4, 0.5) is 0 Å². The molecule has 0 saturated heterocycles. The van der Waals surface area contributed by atoms with Crippen LogP contribution in [0, 0.1) is 11.8 Å². The minimum absolute atomic E-state index is 0.109. The SMILES string of the molecule is COC(=O)[C@@H]1C(=O)C2=C(C[C@@H]1C)NC(C)=C(C(=O)OC(C)C)[C@H]2c1ccccc1OC(C)C. The highest BCUT2D eigenvalue weighted by Gasteiger charge is 2.47. The highest BCUT2D eigenvalue weighted by molar-refractivity contribution is 6.12. The van der Waals surface area contributed by atoms with E-state index < -0.39 is 23.8 Å². The summed E-state index contributed by atoms with van der Waals surface area (Å²) < 4.78 is 16.6. The van der Waals surface area contributed by atoms with Crippen molar-refractivity contribution in [2.24, 2.45) is 11.8 Å². The molecule has 7 heteroatoms. The standard InChI is InChI=1S/C26H33NO6/c1-13(2)32-19-11-9-8-10-17(19)22-21(26(30)33-14(3)4)16(6)27-18-12-15(5)20(25(29)31-7)24(28)23(18)22/h8-11,13-15,20,22,27H,12H2,1-7H3/t15-,20-,22+/m0/s1. The third-order valence-corrected chi connectivity index (χ3v) is 5.90. The molecule has 2 aliphatic rings. The number of dihydropyridines is 1. The van der Waals surface area contributed by atoms with Crippen molar-refractivity contribution in [2.45, 2.75) is 66.1 Å². The Labute approximate surface area is 195 Å². The highest BCUT2D eigenvalue weighted by Crippen LogP contribution is 2.47. The van der Waals surface area contributed by atoms with Crippen molar-refractivity contribution in [1.29, 1.82) is 0 Å². The Morgan fingerprint density at radius 2 is 1.76 bits per heavy atom. The number of esters is 2. The molecule has 3 rings (SSSR count). The Morgan fingerprint density at radius 3 is 2.36 bits per heavy atom. The summed E-state index contributed by atoms with van der Waals surface area (Å²) in [5.41, 5.74) is 2.76. The summed E-state index contributed by atoms with van der Waals surface area (Å²) in [5.74, 6) is -2.73. The molecule has 1 N–H and O–H groups in total. The van der Waals surface area contributed by atoms with E-state index in [1.54, 1.807) is 20.8 Å². The van der Waals surface area contributed by atoms with Crippen molar-refractivity contribution < 1.29 is 28.6 Å². The first-order valence-electron chi connectivity index (χ1n) is 11.4. The van der Waals surface area contributed by atoms with Crippen molar-refractivity contribution in [1.82, 2.24) is 5.32 Å². The molecule has 0 unspecified atom stereocenters. The second-order valence-electron chi connectivity index (χ2n) is 9.19. The summed E-state index contributed by atoms with van der Waals surface area (Å²) in [5, 5.41) is 3.27. The maximum absolute atomic E-state index is 13.8. The van der Waals surface area contributed by atoms with Gasteiger partial charge in [0.05, 0.1) is 30.8 Å². The topological polar surface area (TPSA) is 90.9 Å². The van der Waals surface area contributed by atoms with Gasteiger partial charge in [-0.2, -0.15) is 0 Å². The minimum Gasteiger partial charge on any atom is -0.491 e. The van der Waals surface area contributed by atoms with E-state index in [0.29, 0.717) is 34.6 Å². The lowest BCUT2D eigenvalue weighted by Crippen LogP contribution is -2.43. The number of benzene rings is 1. The number of methoxy groups -OCH3 is 1. The first kappa shape index (κ1) is 24.6. The zero-order valence-electron chi connectivity index (χ0n) is 20.4. The number of ketones is 1. The molecule has 1 aromatic carbocycles. The summed E-state index contributed by atoms with van der Waals surface area (Å²) >= 11 is 0. The van der Waals surface area contributed by atoms with E-state index in [1.165, 1.54) is 7.11 Å². The molecule has 0 spiro atoms. The van der Waals surface area contributed by atoms with Gasteiger partial charge < -0.3 is 19.5 Å². The summed E-state index contributed by atoms with van der Waals surface area (Å²) in [6.07, 6.45) is 0.0391. The fourth-order valence-electron chi connectivity index (χ4n) is 4.62. The van der Waals surface area contributed by atoms with Crippen LogP contribution in [0.2, 0.25) is 0 Å². The van der Waals surface area contributed by atoms with E-state index in [2.05, 4.69) is 5.32 Å². The van der Waals surface area contributed by atoms with Gasteiger partial charge in [0.15, 0.2) is 5.78 Å². The lowest BCUT2D eigenvalue weighted by Gasteiger charge is -2.38. The lowest BCUT2D eigenvalue weighted by atomic mass is 9.69. The Kier molecular flexibility index (Phi) is 7.30. The number of allylic oxidation sites excluding steroid dienone is 3. The Balaban J connectivity index is 2.24. The van der Waals surface area contributed by atoms with Crippen molar-refractivity contribution in [2.75, 3.05) is 7.11 Å². The van der Waals surface area contributed by atoms with Gasteiger partial charge in [-0.15, -0.1) is 0 Å². The van der Waals surface area contributed by atoms with E-state index in [-0.39, 0.29) is 23.9 Å². The van der Waals surface area contributed by atoms with Gasteiger partial charge in [0.2, 0.25) is 0 Å². The molecule has 1 aromatic rings. The molecule has 3 atom stereocenters. The predicted molar refractivity (Wildman–Crippen MR) is 123 cm³/mol. The number of Topliss-reactive ketones (excluding diaryl/α,β-unsaturated/α-hetero) is 1. The van der Waals surface area contributed by atoms with Crippen LogP contribution in [-0.4, -0.2) is 37.0 Å². The lowest BCUT2D eigenvalue weighted by molar-refractivity contribution is -0.151. The van der Waals surface area contributed by atoms with Crippen LogP contribution in [0.1, 0.15) is 59.4 Å². The van der Waals surface area contributed by atoms with Gasteiger partial charge in [-0.05, 0) is 53.0 Å². The van der Waals surface area contributed by atoms with E-state index in [9.17, 15) is 14.4 Å². The van der Waals surface area contributed by atoms with Gasteiger partial charge in [0, 0.05) is 22.5 Å². The van der Waals surface area contributed by atoms with Crippen molar-refractivity contribution in [3.8, 4) is 5.75 Å². The van der Waals surface area contributed by atoms with Crippen LogP contribution in [0.5, 0.6) is 5.75 Å². The van der Waals surface area contributed by atoms with Gasteiger partial charge in [-0.3, -0.25) is 9.59 Å². The van der Waals surface area contributed by atoms with Gasteiger partial charge in [0.25, 0.3) is 0 Å². The van der Waals surface area contributed by atoms with Crippen LogP contribution in [-0.2, 0) is 23.9 Å². The van der Waals surface area contributed by atoms with Gasteiger partial charge in [-0.1, -0.05) is 25.1 Å². The van der Waals surface area contributed by atoms with Crippen molar-refractivity contribution in [3.05, 3.63) is 52.4 Å². The van der Waals surface area contributed by atoms with E-state index in [0.717, 1.165) is 5.70 Å². The zero-order valence-corrected chi connectivity index (χ0v) is 20.4. The molecule has 1 heterocycles. The molecule has 7 nitrogen and oxygen atoms in total. The third-order valence-electron chi connectivity index (χ3n) is 5.90. The quantitative estimate of drug-likeness (QED) is 0.511. The number of hydrogen-bond acceptors (Lipinski definition) is 7. The number of hydrogen-bond donors (Lipinski definition) is 1. The van der Waals surface area contributed by atoms with Crippen LogP contribution in [0.25, 0.3) is 0 Å². The minimum atomic E-state index is -0.933. The molecule has 0 aromatic heterocycles. The molecule has 1 aliphatic heterocycles. The Bertz CT molecular complexity index is 1020. The van der Waals surface area contributed by atoms with E-state index in [4.69, 9.17) is 14.2 Å². The van der Waals surface area contributed by atoms with Crippen LogP contribution in [0.15, 0.2) is 46.8 Å². The molecule has 33 heavy (non-hydrogen) atoms. The van der Waals surface area contributed by atoms with Gasteiger partial charge in [0.1, 0.15) is 11.7 Å². The highest BCUT2D eigenvalue weighted by atomic mass is 16.5. The molecule has 0 saturated carbocycles. The average Bonchev–Trinajstić information content (AvgIpc) is 2.71. The van der Waals surface area contributed by atoms with Crippen LogP contribution in [0.3, 0.4) is 0 Å². The van der Waals surface area contributed by atoms with Crippen molar-refractivity contribution >= 4 is 17.7 Å². The Hall–Kier alpha value is -3.09. The molecule has 0 bridgehead atoms. The molecule has 0 fully saturated rings. The number of ether oxygens (including phenoxy) is 3. The largest absolute Gasteiger partial charge is 0.491 e. The summed E-state index contributed by atoms with van der Waals surface area (Å²) in [6, 6.07) is 7.38. The monoisotopic (exact) mass is 455 g/mol. The van der Waals surface area contributed by atoms with Gasteiger partial charge in [-0.25, -0.2) is 4.79 Å². The number of carbonyl (C=O) groups is 3. The molecule has 0 radical (unpaired) electrons.